The fraction of sp³-hybridized carbons (Fsp3) is 0.500. The summed E-state index contributed by atoms with van der Waals surface area (Å²) in [7, 11) is 0. The minimum Gasteiger partial charge on any atom is -0.448 e. The molecule has 2 amide bonds. The third-order valence-electron chi connectivity index (χ3n) is 5.38. The molecule has 4 atom stereocenters. The second-order valence-electron chi connectivity index (χ2n) is 7.20. The molecule has 0 spiro atoms. The molecule has 0 aromatic carbocycles. The van der Waals surface area contributed by atoms with Gasteiger partial charge >= 0.3 is 0 Å². The molecule has 1 saturated heterocycles. The van der Waals surface area contributed by atoms with Gasteiger partial charge in [-0.05, 0) is 36.8 Å². The van der Waals surface area contributed by atoms with Crippen molar-refractivity contribution in [3.8, 4) is 0 Å². The number of aliphatic hydroxyl groups excluding tert-OH is 1. The zero-order valence-corrected chi connectivity index (χ0v) is 16.3. The van der Waals surface area contributed by atoms with Crippen molar-refractivity contribution in [2.75, 3.05) is 13.1 Å². The monoisotopic (exact) mass is 409 g/mol. The summed E-state index contributed by atoms with van der Waals surface area (Å²) in [5.74, 6) is 0.550. The number of oxazole rings is 1. The van der Waals surface area contributed by atoms with Crippen LogP contribution in [-0.4, -0.2) is 52.0 Å². The van der Waals surface area contributed by atoms with Crippen LogP contribution in [0.15, 0.2) is 22.8 Å². The smallest absolute Gasteiger partial charge is 0.275 e. The van der Waals surface area contributed by atoms with E-state index in [1.165, 1.54) is 17.6 Å². The first-order valence-electron chi connectivity index (χ1n) is 8.86. The number of aliphatic hydroxyl groups is 1. The molecule has 9 heteroatoms. The van der Waals surface area contributed by atoms with Crippen molar-refractivity contribution in [2.45, 2.75) is 31.9 Å². The topological polar surface area (TPSA) is 95.7 Å². The Morgan fingerprint density at radius 3 is 2.70 bits per heavy atom. The van der Waals surface area contributed by atoms with Crippen LogP contribution in [0.3, 0.4) is 0 Å². The summed E-state index contributed by atoms with van der Waals surface area (Å²) in [5.41, 5.74) is 0.311. The van der Waals surface area contributed by atoms with Gasteiger partial charge in [0.05, 0.1) is 21.4 Å². The molecule has 2 fully saturated rings. The molecule has 0 unspecified atom stereocenters. The Kier molecular flexibility index (Phi) is 4.96. The molecule has 7 nitrogen and oxygen atoms in total. The molecule has 4 rings (SSSR count). The van der Waals surface area contributed by atoms with E-state index < -0.39 is 6.10 Å². The second kappa shape index (κ2) is 7.26. The summed E-state index contributed by atoms with van der Waals surface area (Å²) in [6.45, 7) is 2.89. The van der Waals surface area contributed by atoms with E-state index in [9.17, 15) is 14.7 Å². The average Bonchev–Trinajstić information content (AvgIpc) is 3.34. The number of hydrogen-bond donors (Lipinski definition) is 2. The molecule has 0 radical (unpaired) electrons. The third kappa shape index (κ3) is 3.74. The maximum Gasteiger partial charge on any atom is 0.275 e. The second-order valence-corrected chi connectivity index (χ2v) is 8.92. The predicted octanol–water partition coefficient (Wildman–Crippen LogP) is 2.34. The van der Waals surface area contributed by atoms with Gasteiger partial charge < -0.3 is 19.7 Å². The molecule has 2 aromatic rings. The van der Waals surface area contributed by atoms with Gasteiger partial charge in [0, 0.05) is 20.0 Å². The van der Waals surface area contributed by atoms with Crippen LogP contribution in [0.1, 0.15) is 38.9 Å². The van der Waals surface area contributed by atoms with Gasteiger partial charge in [-0.3, -0.25) is 9.59 Å². The predicted molar refractivity (Wildman–Crippen MR) is 99.9 cm³/mol. The largest absolute Gasteiger partial charge is 0.448 e. The molecule has 27 heavy (non-hydrogen) atoms. The lowest BCUT2D eigenvalue weighted by molar-refractivity contribution is 0.0463. The maximum atomic E-state index is 12.6. The Hall–Kier alpha value is -1.90. The summed E-state index contributed by atoms with van der Waals surface area (Å²) in [6, 6.07) is 3.03. The van der Waals surface area contributed by atoms with Crippen LogP contribution in [0.5, 0.6) is 0 Å². The minimum absolute atomic E-state index is 0.149. The first kappa shape index (κ1) is 18.5. The number of thiophene rings is 1. The van der Waals surface area contributed by atoms with E-state index in [2.05, 4.69) is 10.3 Å². The van der Waals surface area contributed by atoms with Crippen molar-refractivity contribution in [3.05, 3.63) is 39.2 Å². The Bertz CT molecular complexity index is 866. The van der Waals surface area contributed by atoms with Gasteiger partial charge in [-0.2, -0.15) is 0 Å². The van der Waals surface area contributed by atoms with Crippen LogP contribution in [0.2, 0.25) is 4.34 Å². The van der Waals surface area contributed by atoms with Crippen LogP contribution < -0.4 is 5.32 Å². The number of aromatic nitrogens is 1. The Morgan fingerprint density at radius 2 is 2.07 bits per heavy atom. The normalized spacial score (nSPS) is 27.4. The van der Waals surface area contributed by atoms with Crippen LogP contribution in [0, 0.1) is 18.8 Å². The number of aryl methyl sites for hydroxylation is 1. The number of hydrogen-bond acceptors (Lipinski definition) is 6. The van der Waals surface area contributed by atoms with E-state index in [0.29, 0.717) is 46.7 Å². The number of nitrogens with zero attached hydrogens (tertiary/aromatic N) is 2. The molecule has 2 N–H and O–H groups in total. The van der Waals surface area contributed by atoms with E-state index >= 15 is 0 Å². The Morgan fingerprint density at radius 1 is 1.33 bits per heavy atom. The number of carbonyl (C=O) groups excluding carboxylic acids is 2. The first-order chi connectivity index (χ1) is 12.9. The van der Waals surface area contributed by atoms with Crippen LogP contribution >= 0.6 is 22.9 Å². The number of carbonyl (C=O) groups is 2. The van der Waals surface area contributed by atoms with Crippen LogP contribution in [0.25, 0.3) is 0 Å². The number of fused-ring (bicyclic) bond motifs is 1. The Labute approximate surface area is 165 Å². The standard InChI is InChI=1S/C18H20ClN3O4S/c1-9-20-13(8-26-9)18(25)22-6-10-4-12(14(23)5-11(10)7-22)21-17(24)15-2-3-16(19)27-15/h2-3,8,10-12,14,23H,4-7H2,1H3,(H,21,24)/t10-,11+,12-,14-/m0/s1. The molecule has 1 saturated carbocycles. The molecule has 1 aliphatic heterocycles. The average molecular weight is 410 g/mol. The molecule has 2 aliphatic rings. The summed E-state index contributed by atoms with van der Waals surface area (Å²) in [5, 5.41) is 13.4. The van der Waals surface area contributed by atoms with Gasteiger partial charge in [-0.25, -0.2) is 4.98 Å². The highest BCUT2D eigenvalue weighted by Gasteiger charge is 2.44. The summed E-state index contributed by atoms with van der Waals surface area (Å²) in [4.78, 5) is 31.4. The SMILES string of the molecule is Cc1nc(C(=O)N2C[C@H]3C[C@H](O)[C@@H](NC(=O)c4ccc(Cl)s4)C[C@H]3C2)co1. The number of rotatable bonds is 3. The van der Waals surface area contributed by atoms with Crippen LogP contribution in [0.4, 0.5) is 0 Å². The third-order valence-corrected chi connectivity index (χ3v) is 6.61. The van der Waals surface area contributed by atoms with E-state index in [0.717, 1.165) is 0 Å². The fourth-order valence-corrected chi connectivity index (χ4v) is 5.00. The lowest BCUT2D eigenvalue weighted by Gasteiger charge is -2.35. The zero-order valence-electron chi connectivity index (χ0n) is 14.7. The van der Waals surface area contributed by atoms with E-state index in [4.69, 9.17) is 16.0 Å². The lowest BCUT2D eigenvalue weighted by atomic mass is 9.77. The molecular formula is C18H20ClN3O4S. The van der Waals surface area contributed by atoms with Gasteiger partial charge in [0.15, 0.2) is 11.6 Å². The quantitative estimate of drug-likeness (QED) is 0.811. The molecule has 144 valence electrons. The van der Waals surface area contributed by atoms with Gasteiger partial charge in [-0.1, -0.05) is 11.6 Å². The lowest BCUT2D eigenvalue weighted by Crippen LogP contribution is -2.49. The molecule has 3 heterocycles. The summed E-state index contributed by atoms with van der Waals surface area (Å²) >= 11 is 7.10. The van der Waals surface area contributed by atoms with Gasteiger partial charge in [-0.15, -0.1) is 11.3 Å². The molecule has 1 aliphatic carbocycles. The van der Waals surface area contributed by atoms with E-state index in [-0.39, 0.29) is 29.7 Å². The number of halogens is 1. The Balaban J connectivity index is 1.40. The van der Waals surface area contributed by atoms with E-state index in [1.54, 1.807) is 24.0 Å². The summed E-state index contributed by atoms with van der Waals surface area (Å²) < 4.78 is 5.68. The minimum atomic E-state index is -0.630. The highest BCUT2D eigenvalue weighted by atomic mass is 35.5. The van der Waals surface area contributed by atoms with Gasteiger partial charge in [0.2, 0.25) is 0 Å². The van der Waals surface area contributed by atoms with Gasteiger partial charge in [0.1, 0.15) is 6.26 Å². The number of amides is 2. The van der Waals surface area contributed by atoms with Crippen molar-refractivity contribution in [2.24, 2.45) is 11.8 Å². The highest BCUT2D eigenvalue weighted by molar-refractivity contribution is 7.18. The van der Waals surface area contributed by atoms with Crippen molar-refractivity contribution in [1.82, 2.24) is 15.2 Å². The maximum absolute atomic E-state index is 12.6. The highest BCUT2D eigenvalue weighted by Crippen LogP contribution is 2.37. The first-order valence-corrected chi connectivity index (χ1v) is 10.1. The molecule has 2 aromatic heterocycles. The molecule has 0 bridgehead atoms. The van der Waals surface area contributed by atoms with Crippen molar-refractivity contribution in [3.63, 3.8) is 0 Å². The summed E-state index contributed by atoms with van der Waals surface area (Å²) in [6.07, 6.45) is 1.94. The van der Waals surface area contributed by atoms with E-state index in [1.807, 2.05) is 0 Å². The molecular weight excluding hydrogens is 390 g/mol. The van der Waals surface area contributed by atoms with Crippen LogP contribution in [-0.2, 0) is 0 Å². The fourth-order valence-electron chi connectivity index (χ4n) is 4.05. The van der Waals surface area contributed by atoms with Gasteiger partial charge in [0.25, 0.3) is 11.8 Å². The van der Waals surface area contributed by atoms with Crippen molar-refractivity contribution in [1.29, 1.82) is 0 Å². The number of likely N-dealkylation sites (tertiary alicyclic amines) is 1. The zero-order chi connectivity index (χ0) is 19.1. The van der Waals surface area contributed by atoms with Crippen molar-refractivity contribution < 1.29 is 19.1 Å². The number of nitrogens with one attached hydrogen (secondary N) is 1. The van der Waals surface area contributed by atoms with Crippen molar-refractivity contribution >= 4 is 34.8 Å².